The molecule has 0 aromatic heterocycles. The predicted octanol–water partition coefficient (Wildman–Crippen LogP) is 3.46. The number of thioether (sulfide) groups is 1. The molecule has 20 heavy (non-hydrogen) atoms. The number of carbonyl (C=O) groups is 1. The maximum atomic E-state index is 12.4. The van der Waals surface area contributed by atoms with Crippen molar-refractivity contribution >= 4 is 23.4 Å². The first kappa shape index (κ1) is 15.3. The highest BCUT2D eigenvalue weighted by Gasteiger charge is 2.39. The molecule has 1 aliphatic rings. The molecule has 1 aromatic carbocycles. The monoisotopic (exact) mass is 300 g/mol. The van der Waals surface area contributed by atoms with Crippen LogP contribution in [0.25, 0.3) is 0 Å². The maximum Gasteiger partial charge on any atom is 0.288 e. The fraction of sp³-hybridized carbons (Fsp3) is 0.500. The second-order valence-corrected chi connectivity index (χ2v) is 6.12. The third-order valence-corrected chi connectivity index (χ3v) is 4.45. The zero-order valence-electron chi connectivity index (χ0n) is 11.1. The van der Waals surface area contributed by atoms with Gasteiger partial charge < -0.3 is 11.1 Å². The van der Waals surface area contributed by atoms with E-state index in [4.69, 9.17) is 5.73 Å². The third-order valence-electron chi connectivity index (χ3n) is 3.75. The number of nitrogens with one attached hydrogen (secondary N) is 1. The molecule has 2 rings (SSSR count). The zero-order chi connectivity index (χ0) is 14.6. The maximum absolute atomic E-state index is 12.4. The van der Waals surface area contributed by atoms with Crippen LogP contribution in [0.15, 0.2) is 29.2 Å². The summed E-state index contributed by atoms with van der Waals surface area (Å²) in [7, 11) is 0. The van der Waals surface area contributed by atoms with Crippen LogP contribution >= 0.6 is 11.8 Å². The van der Waals surface area contributed by atoms with Gasteiger partial charge in [-0.15, -0.1) is 0 Å². The lowest BCUT2D eigenvalue weighted by Crippen LogP contribution is -2.40. The minimum atomic E-state index is -2.47. The van der Waals surface area contributed by atoms with Gasteiger partial charge in [0.2, 0.25) is 5.91 Å². The van der Waals surface area contributed by atoms with Gasteiger partial charge in [0.15, 0.2) is 0 Å². The summed E-state index contributed by atoms with van der Waals surface area (Å²) in [6.07, 6.45) is 3.60. The van der Waals surface area contributed by atoms with E-state index in [2.05, 4.69) is 5.32 Å². The minimum absolute atomic E-state index is 0.100. The molecule has 0 bridgehead atoms. The molecule has 1 aromatic rings. The van der Waals surface area contributed by atoms with Gasteiger partial charge in [-0.2, -0.15) is 8.78 Å². The lowest BCUT2D eigenvalue weighted by Gasteiger charge is -2.25. The highest BCUT2D eigenvalue weighted by atomic mass is 32.2. The summed E-state index contributed by atoms with van der Waals surface area (Å²) in [5.74, 6) is -2.57. The Morgan fingerprint density at radius 1 is 1.40 bits per heavy atom. The number of benzene rings is 1. The van der Waals surface area contributed by atoms with Gasteiger partial charge in [-0.05, 0) is 31.0 Å². The highest BCUT2D eigenvalue weighted by molar-refractivity contribution is 7.99. The van der Waals surface area contributed by atoms with Gasteiger partial charge >= 0.3 is 0 Å². The van der Waals surface area contributed by atoms with Gasteiger partial charge in [0, 0.05) is 17.1 Å². The van der Waals surface area contributed by atoms with E-state index in [0.29, 0.717) is 28.9 Å². The first-order valence-corrected chi connectivity index (χ1v) is 7.50. The van der Waals surface area contributed by atoms with Crippen molar-refractivity contribution in [3.05, 3.63) is 24.3 Å². The molecule has 0 saturated heterocycles. The van der Waals surface area contributed by atoms with Gasteiger partial charge in [-0.25, -0.2) is 0 Å². The van der Waals surface area contributed by atoms with E-state index in [-0.39, 0.29) is 5.91 Å². The molecule has 0 unspecified atom stereocenters. The fourth-order valence-corrected chi connectivity index (χ4v) is 3.15. The lowest BCUT2D eigenvalue weighted by atomic mass is 9.85. The van der Waals surface area contributed by atoms with Crippen LogP contribution in [0.1, 0.15) is 25.7 Å². The summed E-state index contributed by atoms with van der Waals surface area (Å²) in [6, 6.07) is 6.52. The molecule has 3 N–H and O–H groups in total. The Balaban J connectivity index is 2.07. The molecule has 0 heterocycles. The summed E-state index contributed by atoms with van der Waals surface area (Å²) in [6.45, 7) is 0.324. The first-order chi connectivity index (χ1) is 9.55. The number of halogens is 2. The van der Waals surface area contributed by atoms with Gasteiger partial charge in [-0.3, -0.25) is 4.79 Å². The average molecular weight is 300 g/mol. The molecule has 0 spiro atoms. The van der Waals surface area contributed by atoms with Crippen molar-refractivity contribution in [1.29, 1.82) is 0 Å². The molecule has 1 aliphatic carbocycles. The lowest BCUT2D eigenvalue weighted by molar-refractivity contribution is -0.124. The topological polar surface area (TPSA) is 55.1 Å². The van der Waals surface area contributed by atoms with Crippen LogP contribution in [0, 0.1) is 5.41 Å². The van der Waals surface area contributed by atoms with Crippen molar-refractivity contribution in [2.75, 3.05) is 11.9 Å². The largest absolute Gasteiger partial charge is 0.329 e. The zero-order valence-corrected chi connectivity index (χ0v) is 11.9. The van der Waals surface area contributed by atoms with Crippen LogP contribution in [0.5, 0.6) is 0 Å². The molecule has 3 nitrogen and oxygen atoms in total. The Bertz CT molecular complexity index is 476. The molecule has 0 radical (unpaired) electrons. The number of hydrogen-bond donors (Lipinski definition) is 2. The van der Waals surface area contributed by atoms with Crippen molar-refractivity contribution in [1.82, 2.24) is 0 Å². The SMILES string of the molecule is NCC1(C(=O)Nc2cccc(SC(F)F)c2)CCCC1. The molecule has 110 valence electrons. The van der Waals surface area contributed by atoms with Gasteiger partial charge in [-0.1, -0.05) is 30.7 Å². The number of alkyl halides is 2. The van der Waals surface area contributed by atoms with Crippen LogP contribution < -0.4 is 11.1 Å². The standard InChI is InChI=1S/C14H18F2N2OS/c15-13(16)20-11-5-3-4-10(8-11)18-12(19)14(9-17)6-1-2-7-14/h3-5,8,13H,1-2,6-7,9,17H2,(H,18,19). The van der Waals surface area contributed by atoms with E-state index in [1.807, 2.05) is 0 Å². The molecular formula is C14H18F2N2OS. The predicted molar refractivity (Wildman–Crippen MR) is 76.9 cm³/mol. The highest BCUT2D eigenvalue weighted by Crippen LogP contribution is 2.38. The van der Waals surface area contributed by atoms with Crippen LogP contribution in [0.3, 0.4) is 0 Å². The van der Waals surface area contributed by atoms with E-state index in [9.17, 15) is 13.6 Å². The van der Waals surface area contributed by atoms with Gasteiger partial charge in [0.25, 0.3) is 5.76 Å². The summed E-state index contributed by atoms with van der Waals surface area (Å²) >= 11 is 0.467. The Hall–Kier alpha value is -1.14. The second-order valence-electron chi connectivity index (χ2n) is 5.05. The van der Waals surface area contributed by atoms with Crippen LogP contribution in [0.2, 0.25) is 0 Å². The van der Waals surface area contributed by atoms with Crippen LogP contribution in [-0.4, -0.2) is 18.2 Å². The van der Waals surface area contributed by atoms with Crippen LogP contribution in [0.4, 0.5) is 14.5 Å². The number of hydrogen-bond acceptors (Lipinski definition) is 3. The van der Waals surface area contributed by atoms with E-state index in [1.54, 1.807) is 24.3 Å². The van der Waals surface area contributed by atoms with E-state index in [1.165, 1.54) is 0 Å². The second kappa shape index (κ2) is 6.54. The summed E-state index contributed by atoms with van der Waals surface area (Å²) in [4.78, 5) is 12.8. The van der Waals surface area contributed by atoms with Crippen LogP contribution in [-0.2, 0) is 4.79 Å². The molecule has 1 amide bonds. The molecular weight excluding hydrogens is 282 g/mol. The smallest absolute Gasteiger partial charge is 0.288 e. The number of rotatable bonds is 5. The normalized spacial score (nSPS) is 17.4. The first-order valence-electron chi connectivity index (χ1n) is 6.62. The Morgan fingerprint density at radius 2 is 2.10 bits per heavy atom. The molecule has 6 heteroatoms. The number of amides is 1. The Kier molecular flexibility index (Phi) is 4.99. The van der Waals surface area contributed by atoms with Gasteiger partial charge in [0.1, 0.15) is 0 Å². The summed E-state index contributed by atoms with van der Waals surface area (Å²) in [5.41, 5.74) is 5.80. The van der Waals surface area contributed by atoms with E-state index in [0.717, 1.165) is 25.7 Å². The van der Waals surface area contributed by atoms with E-state index >= 15 is 0 Å². The molecule has 0 atom stereocenters. The summed E-state index contributed by atoms with van der Waals surface area (Å²) < 4.78 is 24.7. The molecule has 1 saturated carbocycles. The van der Waals surface area contributed by atoms with Crippen molar-refractivity contribution in [3.8, 4) is 0 Å². The Labute approximate surface area is 121 Å². The average Bonchev–Trinajstić information content (AvgIpc) is 2.88. The van der Waals surface area contributed by atoms with Crippen molar-refractivity contribution < 1.29 is 13.6 Å². The Morgan fingerprint density at radius 3 is 2.70 bits per heavy atom. The minimum Gasteiger partial charge on any atom is -0.329 e. The summed E-state index contributed by atoms with van der Waals surface area (Å²) in [5, 5.41) is 2.81. The van der Waals surface area contributed by atoms with E-state index < -0.39 is 11.2 Å². The quantitative estimate of drug-likeness (QED) is 0.819. The van der Waals surface area contributed by atoms with Crippen molar-refractivity contribution in [3.63, 3.8) is 0 Å². The van der Waals surface area contributed by atoms with Crippen molar-refractivity contribution in [2.45, 2.75) is 36.3 Å². The molecule has 0 aliphatic heterocycles. The number of nitrogens with two attached hydrogens (primary N) is 1. The fourth-order valence-electron chi connectivity index (χ4n) is 2.59. The van der Waals surface area contributed by atoms with Gasteiger partial charge in [0.05, 0.1) is 5.41 Å². The number of anilines is 1. The van der Waals surface area contributed by atoms with Crippen molar-refractivity contribution in [2.24, 2.45) is 11.1 Å². The number of carbonyl (C=O) groups excluding carboxylic acids is 1. The third kappa shape index (κ3) is 3.49. The molecule has 1 fully saturated rings.